The van der Waals surface area contributed by atoms with E-state index in [1.54, 1.807) is 13.2 Å². The number of rotatable bonds is 5. The summed E-state index contributed by atoms with van der Waals surface area (Å²) in [5.74, 6) is 1.12. The summed E-state index contributed by atoms with van der Waals surface area (Å²) < 4.78 is 5.94. The lowest BCUT2D eigenvalue weighted by Gasteiger charge is -2.53. The molecule has 2 fully saturated rings. The number of aldehydes is 1. The van der Waals surface area contributed by atoms with Crippen molar-refractivity contribution < 1.29 is 36.3 Å². The van der Waals surface area contributed by atoms with Gasteiger partial charge in [-0.25, -0.2) is 0 Å². The van der Waals surface area contributed by atoms with E-state index in [0.29, 0.717) is 22.3 Å². The Kier molecular flexibility index (Phi) is 5.57. The molecule has 3 aliphatic heterocycles. The predicted molar refractivity (Wildman–Crippen MR) is 129 cm³/mol. The number of anilines is 1. The van der Waals surface area contributed by atoms with Gasteiger partial charge in [-0.3, -0.25) is 9.59 Å². The van der Waals surface area contributed by atoms with Crippen LogP contribution in [0.4, 0.5) is 5.69 Å². The van der Waals surface area contributed by atoms with Gasteiger partial charge in [-0.05, 0) is 48.4 Å². The molecule has 2 unspecified atom stereocenters. The van der Waals surface area contributed by atoms with E-state index in [0.717, 1.165) is 54.8 Å². The molecule has 3 heterocycles. The third kappa shape index (κ3) is 3.06. The molecule has 4 aliphatic rings. The van der Waals surface area contributed by atoms with Gasteiger partial charge in [0.05, 0.1) is 24.8 Å². The first kappa shape index (κ1) is 23.6. The highest BCUT2D eigenvalue weighted by molar-refractivity contribution is 5.97. The number of nitrogens with zero attached hydrogens (tertiary/aromatic N) is 1. The fourth-order valence-electron chi connectivity index (χ4n) is 7.34. The monoisotopic (exact) mass is 492 g/mol. The van der Waals surface area contributed by atoms with Crippen LogP contribution < -0.4 is 22.5 Å². The van der Waals surface area contributed by atoms with Crippen LogP contribution in [0.15, 0.2) is 65.4 Å². The molecule has 0 amide bonds. The lowest BCUT2D eigenvalue weighted by Crippen LogP contribution is -3.00. The second kappa shape index (κ2) is 8.25. The molecular weight excluding hydrogens is 464 g/mol. The van der Waals surface area contributed by atoms with Gasteiger partial charge in [0.15, 0.2) is 0 Å². The first-order valence-corrected chi connectivity index (χ1v) is 11.9. The maximum atomic E-state index is 13.6. The zero-order valence-corrected chi connectivity index (χ0v) is 20.6. The summed E-state index contributed by atoms with van der Waals surface area (Å²) in [6.07, 6.45) is 4.82. The van der Waals surface area contributed by atoms with Gasteiger partial charge in [-0.15, -0.1) is 0 Å². The number of carbonyl (C=O) groups is 2. The summed E-state index contributed by atoms with van der Waals surface area (Å²) >= 11 is 0. The smallest absolute Gasteiger partial charge is 0.216 e. The predicted octanol–water partition coefficient (Wildman–Crippen LogP) is 0.973. The summed E-state index contributed by atoms with van der Waals surface area (Å²) in [6, 6.07) is 13.2. The third-order valence-corrected chi connectivity index (χ3v) is 8.84. The minimum Gasteiger partial charge on any atom is -1.00 e. The number of piperidine rings is 1. The van der Waals surface area contributed by atoms with E-state index in [1.807, 2.05) is 37.3 Å². The first-order valence-electron chi connectivity index (χ1n) is 11.9. The van der Waals surface area contributed by atoms with Gasteiger partial charge in [-0.1, -0.05) is 18.2 Å². The van der Waals surface area contributed by atoms with Gasteiger partial charge < -0.3 is 32.1 Å². The van der Waals surface area contributed by atoms with Gasteiger partial charge in [0.2, 0.25) is 5.78 Å². The van der Waals surface area contributed by atoms with Crippen molar-refractivity contribution in [1.82, 2.24) is 0 Å². The fraction of sp³-hybridized carbons (Fsp3) is 0.357. The molecule has 182 valence electrons. The maximum Gasteiger partial charge on any atom is 0.216 e. The van der Waals surface area contributed by atoms with E-state index in [1.165, 1.54) is 5.57 Å². The highest BCUT2D eigenvalue weighted by atomic mass is 35.5. The largest absolute Gasteiger partial charge is 1.00 e. The average molecular weight is 493 g/mol. The van der Waals surface area contributed by atoms with Gasteiger partial charge >= 0.3 is 0 Å². The number of phenols is 1. The summed E-state index contributed by atoms with van der Waals surface area (Å²) in [4.78, 5) is 26.0. The molecule has 4 atom stereocenters. The number of halogens is 1. The lowest BCUT2D eigenvalue weighted by molar-refractivity contribution is -0.934. The van der Waals surface area contributed by atoms with Crippen LogP contribution in [-0.4, -0.2) is 54.4 Å². The number of allylic oxidation sites excluding steroid dienone is 2. The van der Waals surface area contributed by atoms with Crippen LogP contribution in [0.1, 0.15) is 35.7 Å². The van der Waals surface area contributed by atoms with Crippen LogP contribution in [0.3, 0.4) is 0 Å². The van der Waals surface area contributed by atoms with E-state index in [-0.39, 0.29) is 41.3 Å². The number of ether oxygens (including phenoxy) is 1. The molecule has 6 nitrogen and oxygen atoms in total. The molecule has 0 radical (unpaired) electrons. The number of phenolic OH excluding ortho intramolecular Hbond substituents is 1. The number of benzene rings is 2. The number of hydrogen-bond donors (Lipinski definition) is 2. The van der Waals surface area contributed by atoms with Crippen LogP contribution in [-0.2, 0) is 10.2 Å². The van der Waals surface area contributed by atoms with Gasteiger partial charge in [0.25, 0.3) is 0 Å². The number of aromatic hydroxyl groups is 1. The molecule has 35 heavy (non-hydrogen) atoms. The van der Waals surface area contributed by atoms with Crippen molar-refractivity contribution in [3.8, 4) is 11.5 Å². The molecule has 7 heteroatoms. The highest BCUT2D eigenvalue weighted by Crippen LogP contribution is 2.64. The van der Waals surface area contributed by atoms with Crippen molar-refractivity contribution in [2.45, 2.75) is 31.2 Å². The number of para-hydroxylation sites is 1. The second-order valence-electron chi connectivity index (χ2n) is 10.1. The number of hydrogen-bond acceptors (Lipinski definition) is 5. The van der Waals surface area contributed by atoms with Crippen molar-refractivity contribution in [2.75, 3.05) is 32.1 Å². The molecule has 0 aromatic heterocycles. The van der Waals surface area contributed by atoms with E-state index in [2.05, 4.69) is 17.5 Å². The molecular formula is C28H29ClN2O4. The SMILES string of the molecule is C/C=C1/C[N+]2(CC(=O)c3ccc(OC)cc3)CC[C@]34C(=C(C=O)[C@H]1CC32)Nc1c(O)cccc14.[Cl-]. The minimum atomic E-state index is -0.375. The Bertz CT molecular complexity index is 1280. The number of fused-ring (bicyclic) bond motifs is 2. The van der Waals surface area contributed by atoms with Crippen molar-refractivity contribution >= 4 is 17.8 Å². The van der Waals surface area contributed by atoms with Crippen LogP contribution in [0.5, 0.6) is 11.5 Å². The van der Waals surface area contributed by atoms with Crippen molar-refractivity contribution in [3.05, 3.63) is 76.5 Å². The topological polar surface area (TPSA) is 75.6 Å². The van der Waals surface area contributed by atoms with Crippen LogP contribution in [0.2, 0.25) is 0 Å². The van der Waals surface area contributed by atoms with Gasteiger partial charge in [0.1, 0.15) is 36.9 Å². The fourth-order valence-corrected chi connectivity index (χ4v) is 7.34. The molecule has 2 bridgehead atoms. The van der Waals surface area contributed by atoms with Crippen molar-refractivity contribution in [3.63, 3.8) is 0 Å². The number of methoxy groups -OCH3 is 1. The molecule has 2 aromatic carbocycles. The molecule has 2 saturated heterocycles. The normalized spacial score (nSPS) is 30.7. The van der Waals surface area contributed by atoms with Crippen molar-refractivity contribution in [1.29, 1.82) is 0 Å². The average Bonchev–Trinajstić information content (AvgIpc) is 3.39. The van der Waals surface area contributed by atoms with E-state index < -0.39 is 0 Å². The Morgan fingerprint density at radius 2 is 2.03 bits per heavy atom. The number of nitrogens with one attached hydrogen (secondary N) is 1. The lowest BCUT2D eigenvalue weighted by atomic mass is 9.61. The first-order chi connectivity index (χ1) is 16.5. The Morgan fingerprint density at radius 1 is 1.26 bits per heavy atom. The van der Waals surface area contributed by atoms with Crippen LogP contribution in [0, 0.1) is 5.92 Å². The van der Waals surface area contributed by atoms with Crippen LogP contribution >= 0.6 is 0 Å². The van der Waals surface area contributed by atoms with E-state index in [9.17, 15) is 14.7 Å². The number of quaternary nitrogens is 1. The standard InChI is InChI=1S/C28H28N2O4.ClH/c1-3-17-14-30(15-24(33)18-7-9-19(34-2)10-8-18)12-11-28-22-5-4-6-23(32)26(22)29-27(28)21(16-31)20(17)13-25(28)30;/h3-10,16,20,25H,11-15H2,1-2H3,(H-,29,31,32);1H/b17-3-;/t20-,25?,28+,30?;/m0./s1. The highest BCUT2D eigenvalue weighted by Gasteiger charge is 2.69. The number of carbonyl (C=O) groups excluding carboxylic acids is 2. The number of ketones is 1. The van der Waals surface area contributed by atoms with Gasteiger partial charge in [0, 0.05) is 35.6 Å². The molecule has 2 N–H and O–H groups in total. The molecule has 1 aliphatic carbocycles. The Morgan fingerprint density at radius 3 is 2.71 bits per heavy atom. The Balaban J connectivity index is 0.00000253. The quantitative estimate of drug-likeness (QED) is 0.214. The zero-order chi connectivity index (χ0) is 23.7. The molecule has 1 spiro atoms. The summed E-state index contributed by atoms with van der Waals surface area (Å²) in [5, 5.41) is 14.1. The molecule has 2 aromatic rings. The zero-order valence-electron chi connectivity index (χ0n) is 19.9. The molecule has 0 saturated carbocycles. The summed E-state index contributed by atoms with van der Waals surface area (Å²) in [6.45, 7) is 4.07. The van der Waals surface area contributed by atoms with Crippen LogP contribution in [0.25, 0.3) is 0 Å². The Hall–Kier alpha value is -3.09. The van der Waals surface area contributed by atoms with E-state index >= 15 is 0 Å². The van der Waals surface area contributed by atoms with E-state index in [4.69, 9.17) is 4.74 Å². The maximum absolute atomic E-state index is 13.6. The van der Waals surface area contributed by atoms with Crippen molar-refractivity contribution in [2.24, 2.45) is 5.92 Å². The Labute approximate surface area is 211 Å². The third-order valence-electron chi connectivity index (χ3n) is 8.84. The second-order valence-corrected chi connectivity index (χ2v) is 10.1. The number of Topliss-reactive ketones (excluding diaryl/α,β-unsaturated/α-hetero) is 1. The van der Waals surface area contributed by atoms with Gasteiger partial charge in [-0.2, -0.15) is 0 Å². The molecule has 6 rings (SSSR count). The summed E-state index contributed by atoms with van der Waals surface area (Å²) in [7, 11) is 1.62. The minimum absolute atomic E-state index is 0. The summed E-state index contributed by atoms with van der Waals surface area (Å²) in [5.41, 5.74) is 5.07.